The number of carbonyl (C=O) groups excluding carboxylic acids is 2. The van der Waals surface area contributed by atoms with Crippen molar-refractivity contribution in [3.05, 3.63) is 46.3 Å². The quantitative estimate of drug-likeness (QED) is 0.746. The number of anilines is 1. The van der Waals surface area contributed by atoms with Crippen molar-refractivity contribution in [2.45, 2.75) is 38.8 Å². The third-order valence-corrected chi connectivity index (χ3v) is 7.08. The first kappa shape index (κ1) is 21.8. The number of nitrogens with one attached hydrogen (secondary N) is 1. The lowest BCUT2D eigenvalue weighted by Crippen LogP contribution is -2.51. The maximum Gasteiger partial charge on any atom is 0.264 e. The number of piperazine rings is 1. The molecule has 2 aliphatic rings. The van der Waals surface area contributed by atoms with Gasteiger partial charge < -0.3 is 20.0 Å². The third-order valence-electron chi connectivity index (χ3n) is 6.22. The van der Waals surface area contributed by atoms with Crippen LogP contribution in [0.1, 0.15) is 41.4 Å². The maximum atomic E-state index is 12.9. The van der Waals surface area contributed by atoms with Crippen molar-refractivity contribution in [1.82, 2.24) is 20.1 Å². The van der Waals surface area contributed by atoms with Crippen LogP contribution in [0.4, 0.5) is 5.82 Å². The van der Waals surface area contributed by atoms with Crippen LogP contribution >= 0.6 is 11.3 Å². The standard InChI is InChI=1S/C23H31N5O2S/c1-2-26-11-13-27(14-12-26)21-9-8-18(16-24-21)17-25-22(29)19-6-3-4-10-28(19)23(30)20-7-5-15-31-20/h5,7-9,15-16,19H,2-4,6,10-14,17H2,1H3,(H,25,29). The highest BCUT2D eigenvalue weighted by atomic mass is 32.1. The zero-order chi connectivity index (χ0) is 21.6. The van der Waals surface area contributed by atoms with Gasteiger partial charge in [0, 0.05) is 45.5 Å². The van der Waals surface area contributed by atoms with Crippen LogP contribution in [0.5, 0.6) is 0 Å². The lowest BCUT2D eigenvalue weighted by Gasteiger charge is -2.35. The molecule has 1 unspecified atom stereocenters. The van der Waals surface area contributed by atoms with Crippen molar-refractivity contribution in [1.29, 1.82) is 0 Å². The number of pyridine rings is 1. The predicted octanol–water partition coefficient (Wildman–Crippen LogP) is 2.60. The first-order chi connectivity index (χ1) is 15.2. The van der Waals surface area contributed by atoms with E-state index in [1.807, 2.05) is 35.8 Å². The van der Waals surface area contributed by atoms with Crippen molar-refractivity contribution in [2.75, 3.05) is 44.2 Å². The van der Waals surface area contributed by atoms with E-state index in [0.717, 1.165) is 56.9 Å². The summed E-state index contributed by atoms with van der Waals surface area (Å²) in [6.45, 7) is 8.47. The molecular formula is C23H31N5O2S. The maximum absolute atomic E-state index is 12.9. The van der Waals surface area contributed by atoms with Gasteiger partial charge in [-0.15, -0.1) is 11.3 Å². The van der Waals surface area contributed by atoms with Gasteiger partial charge in [-0.2, -0.15) is 0 Å². The average Bonchev–Trinajstić information content (AvgIpc) is 3.37. The van der Waals surface area contributed by atoms with Crippen LogP contribution in [-0.4, -0.2) is 71.9 Å². The van der Waals surface area contributed by atoms with Crippen LogP contribution < -0.4 is 10.2 Å². The van der Waals surface area contributed by atoms with Crippen molar-refractivity contribution in [2.24, 2.45) is 0 Å². The highest BCUT2D eigenvalue weighted by molar-refractivity contribution is 7.12. The number of carbonyl (C=O) groups is 2. The summed E-state index contributed by atoms with van der Waals surface area (Å²) < 4.78 is 0. The summed E-state index contributed by atoms with van der Waals surface area (Å²) in [6, 6.07) is 7.37. The smallest absolute Gasteiger partial charge is 0.264 e. The van der Waals surface area contributed by atoms with Gasteiger partial charge in [0.2, 0.25) is 5.91 Å². The largest absolute Gasteiger partial charge is 0.354 e. The fraction of sp³-hybridized carbons (Fsp3) is 0.522. The Bertz CT molecular complexity index is 863. The minimum Gasteiger partial charge on any atom is -0.354 e. The number of amides is 2. The van der Waals surface area contributed by atoms with Gasteiger partial charge >= 0.3 is 0 Å². The molecule has 4 heterocycles. The molecule has 4 rings (SSSR count). The van der Waals surface area contributed by atoms with E-state index in [0.29, 0.717) is 24.4 Å². The lowest BCUT2D eigenvalue weighted by atomic mass is 10.0. The van der Waals surface area contributed by atoms with Gasteiger partial charge in [-0.3, -0.25) is 9.59 Å². The highest BCUT2D eigenvalue weighted by Gasteiger charge is 2.32. The van der Waals surface area contributed by atoms with Crippen molar-refractivity contribution in [3.63, 3.8) is 0 Å². The van der Waals surface area contributed by atoms with Gasteiger partial charge in [0.1, 0.15) is 11.9 Å². The van der Waals surface area contributed by atoms with E-state index in [9.17, 15) is 9.59 Å². The van der Waals surface area contributed by atoms with E-state index in [4.69, 9.17) is 0 Å². The summed E-state index contributed by atoms with van der Waals surface area (Å²) in [7, 11) is 0. The molecule has 0 saturated carbocycles. The number of likely N-dealkylation sites (tertiary alicyclic amines) is 1. The number of hydrogen-bond donors (Lipinski definition) is 1. The SMILES string of the molecule is CCN1CCN(c2ccc(CNC(=O)C3CCCCN3C(=O)c3cccs3)cn2)CC1. The van der Waals surface area contributed by atoms with Crippen molar-refractivity contribution >= 4 is 29.0 Å². The summed E-state index contributed by atoms with van der Waals surface area (Å²) in [5.74, 6) is 0.874. The van der Waals surface area contributed by atoms with Gasteiger partial charge in [-0.1, -0.05) is 19.1 Å². The molecule has 166 valence electrons. The Labute approximate surface area is 188 Å². The van der Waals surface area contributed by atoms with Crippen molar-refractivity contribution < 1.29 is 9.59 Å². The van der Waals surface area contributed by atoms with E-state index >= 15 is 0 Å². The molecule has 2 aromatic rings. The molecule has 0 radical (unpaired) electrons. The van der Waals surface area contributed by atoms with Crippen LogP contribution in [0.3, 0.4) is 0 Å². The zero-order valence-corrected chi connectivity index (χ0v) is 18.9. The Morgan fingerprint density at radius 2 is 1.97 bits per heavy atom. The highest BCUT2D eigenvalue weighted by Crippen LogP contribution is 2.22. The fourth-order valence-corrected chi connectivity index (χ4v) is 4.98. The normalized spacial score (nSPS) is 20.0. The second-order valence-electron chi connectivity index (χ2n) is 8.15. The van der Waals surface area contributed by atoms with E-state index in [1.54, 1.807) is 4.90 Å². The molecule has 1 atom stereocenters. The molecule has 0 bridgehead atoms. The number of piperidine rings is 1. The number of nitrogens with zero attached hydrogens (tertiary/aromatic N) is 4. The number of hydrogen-bond acceptors (Lipinski definition) is 6. The minimum absolute atomic E-state index is 0.0379. The van der Waals surface area contributed by atoms with E-state index in [-0.39, 0.29) is 11.8 Å². The molecule has 2 saturated heterocycles. The molecule has 8 heteroatoms. The van der Waals surface area contributed by atoms with Crippen LogP contribution in [-0.2, 0) is 11.3 Å². The van der Waals surface area contributed by atoms with Crippen LogP contribution in [0, 0.1) is 0 Å². The number of likely N-dealkylation sites (N-methyl/N-ethyl adjacent to an activating group) is 1. The molecule has 0 aliphatic carbocycles. The summed E-state index contributed by atoms with van der Waals surface area (Å²) in [5, 5.41) is 4.92. The third kappa shape index (κ3) is 5.25. The minimum atomic E-state index is -0.398. The Balaban J connectivity index is 1.32. The molecule has 2 fully saturated rings. The number of rotatable bonds is 6. The summed E-state index contributed by atoms with van der Waals surface area (Å²) in [6.07, 6.45) is 4.47. The van der Waals surface area contributed by atoms with Crippen LogP contribution in [0.15, 0.2) is 35.8 Å². The predicted molar refractivity (Wildman–Crippen MR) is 123 cm³/mol. The second-order valence-corrected chi connectivity index (χ2v) is 9.10. The Kier molecular flexibility index (Phi) is 7.19. The molecular weight excluding hydrogens is 410 g/mol. The molecule has 0 aromatic carbocycles. The van der Waals surface area contributed by atoms with Gasteiger partial charge in [0.05, 0.1) is 4.88 Å². The Morgan fingerprint density at radius 3 is 2.65 bits per heavy atom. The fourth-order valence-electron chi connectivity index (χ4n) is 4.30. The van der Waals surface area contributed by atoms with Gasteiger partial charge in [-0.25, -0.2) is 4.98 Å². The Hall–Kier alpha value is -2.45. The van der Waals surface area contributed by atoms with Crippen molar-refractivity contribution in [3.8, 4) is 0 Å². The summed E-state index contributed by atoms with van der Waals surface area (Å²) >= 11 is 1.43. The molecule has 31 heavy (non-hydrogen) atoms. The topological polar surface area (TPSA) is 68.8 Å². The zero-order valence-electron chi connectivity index (χ0n) is 18.1. The number of aromatic nitrogens is 1. The van der Waals surface area contributed by atoms with Gasteiger partial charge in [-0.05, 0) is 48.9 Å². The molecule has 2 aliphatic heterocycles. The van der Waals surface area contributed by atoms with E-state index in [1.165, 1.54) is 11.3 Å². The molecule has 1 N–H and O–H groups in total. The van der Waals surface area contributed by atoms with Gasteiger partial charge in [0.15, 0.2) is 0 Å². The van der Waals surface area contributed by atoms with Crippen LogP contribution in [0.2, 0.25) is 0 Å². The Morgan fingerprint density at radius 1 is 1.13 bits per heavy atom. The number of thiophene rings is 1. The first-order valence-corrected chi connectivity index (χ1v) is 12.1. The molecule has 0 spiro atoms. The van der Waals surface area contributed by atoms with Crippen LogP contribution in [0.25, 0.3) is 0 Å². The van der Waals surface area contributed by atoms with E-state index < -0.39 is 6.04 Å². The first-order valence-electron chi connectivity index (χ1n) is 11.2. The molecule has 7 nitrogen and oxygen atoms in total. The summed E-state index contributed by atoms with van der Waals surface area (Å²) in [4.78, 5) is 37.5. The molecule has 2 amide bonds. The summed E-state index contributed by atoms with van der Waals surface area (Å²) in [5.41, 5.74) is 0.969. The average molecular weight is 442 g/mol. The molecule has 2 aromatic heterocycles. The second kappa shape index (κ2) is 10.2. The van der Waals surface area contributed by atoms with E-state index in [2.05, 4.69) is 27.0 Å². The lowest BCUT2D eigenvalue weighted by molar-refractivity contribution is -0.126. The van der Waals surface area contributed by atoms with Gasteiger partial charge in [0.25, 0.3) is 5.91 Å². The monoisotopic (exact) mass is 441 g/mol.